The molecule has 0 aliphatic rings. The van der Waals surface area contributed by atoms with E-state index in [9.17, 15) is 10.1 Å². The van der Waals surface area contributed by atoms with Crippen molar-refractivity contribution in [2.75, 3.05) is 0 Å². The summed E-state index contributed by atoms with van der Waals surface area (Å²) in [4.78, 5) is 14.2. The number of benzene rings is 1. The van der Waals surface area contributed by atoms with Crippen molar-refractivity contribution in [3.63, 3.8) is 0 Å². The molecule has 0 amide bonds. The number of hydrogen-bond donors (Lipinski definition) is 0. The van der Waals surface area contributed by atoms with Crippen molar-refractivity contribution in [1.82, 2.24) is 9.55 Å². The molecule has 0 saturated heterocycles. The Morgan fingerprint density at radius 2 is 2.06 bits per heavy atom. The molecule has 0 spiro atoms. The quantitative estimate of drug-likeness (QED) is 0.642. The largest absolute Gasteiger partial charge is 0.358 e. The maximum absolute atomic E-state index is 10.8. The third-order valence-corrected chi connectivity index (χ3v) is 2.70. The molecular weight excluding hydrogens is 274 g/mol. The fourth-order valence-corrected chi connectivity index (χ4v) is 1.89. The van der Waals surface area contributed by atoms with Gasteiger partial charge in [0, 0.05) is 0 Å². The average molecular weight is 282 g/mol. The van der Waals surface area contributed by atoms with Gasteiger partial charge >= 0.3 is 5.82 Å². The predicted octanol–water partition coefficient (Wildman–Crippen LogP) is 2.60. The minimum absolute atomic E-state index is 0.0242. The standard InChI is InChI=1S/C10H8BrN3O2/c11-9-10(14(15)16)13(7-12-9)6-8-4-2-1-3-5-8/h1-5,7H,6H2. The van der Waals surface area contributed by atoms with E-state index in [-0.39, 0.29) is 10.4 Å². The summed E-state index contributed by atoms with van der Waals surface area (Å²) in [6.45, 7) is 0.440. The van der Waals surface area contributed by atoms with Crippen LogP contribution in [0.1, 0.15) is 5.56 Å². The van der Waals surface area contributed by atoms with E-state index in [0.717, 1.165) is 5.56 Å². The first-order chi connectivity index (χ1) is 7.68. The van der Waals surface area contributed by atoms with Gasteiger partial charge in [-0.2, -0.15) is 0 Å². The van der Waals surface area contributed by atoms with Crippen LogP contribution in [0.15, 0.2) is 41.3 Å². The molecule has 0 bridgehead atoms. The highest BCUT2D eigenvalue weighted by Gasteiger charge is 2.19. The van der Waals surface area contributed by atoms with Crippen molar-refractivity contribution < 1.29 is 4.92 Å². The van der Waals surface area contributed by atoms with Crippen molar-refractivity contribution in [1.29, 1.82) is 0 Å². The minimum atomic E-state index is -0.444. The lowest BCUT2D eigenvalue weighted by Crippen LogP contribution is -2.03. The minimum Gasteiger partial charge on any atom is -0.358 e. The molecule has 16 heavy (non-hydrogen) atoms. The summed E-state index contributed by atoms with van der Waals surface area (Å²) in [6, 6.07) is 9.53. The van der Waals surface area contributed by atoms with Crippen molar-refractivity contribution >= 4 is 21.7 Å². The first kappa shape index (κ1) is 10.8. The maximum Gasteiger partial charge on any atom is 0.357 e. The topological polar surface area (TPSA) is 61.0 Å². The van der Waals surface area contributed by atoms with Crippen LogP contribution in [0.4, 0.5) is 5.82 Å². The monoisotopic (exact) mass is 281 g/mol. The SMILES string of the molecule is O=[N+]([O-])c1c(Br)ncn1Cc1ccccc1. The van der Waals surface area contributed by atoms with Crippen molar-refractivity contribution in [3.8, 4) is 0 Å². The molecule has 0 fully saturated rings. The van der Waals surface area contributed by atoms with Crippen molar-refractivity contribution in [2.45, 2.75) is 6.54 Å². The van der Waals surface area contributed by atoms with Gasteiger partial charge in [-0.1, -0.05) is 30.3 Å². The second-order valence-electron chi connectivity index (χ2n) is 3.23. The van der Waals surface area contributed by atoms with Gasteiger partial charge in [0.2, 0.25) is 4.60 Å². The molecule has 2 aromatic rings. The highest BCUT2D eigenvalue weighted by molar-refractivity contribution is 9.10. The molecule has 0 atom stereocenters. The molecule has 0 N–H and O–H groups in total. The number of imidazole rings is 1. The molecule has 1 aromatic carbocycles. The van der Waals surface area contributed by atoms with Crippen molar-refractivity contribution in [3.05, 3.63) is 56.9 Å². The van der Waals surface area contributed by atoms with E-state index in [4.69, 9.17) is 0 Å². The normalized spacial score (nSPS) is 10.3. The van der Waals surface area contributed by atoms with E-state index in [2.05, 4.69) is 20.9 Å². The van der Waals surface area contributed by atoms with Gasteiger partial charge in [0.05, 0.1) is 0 Å². The molecule has 1 aromatic heterocycles. The first-order valence-corrected chi connectivity index (χ1v) is 5.36. The number of hydrogen-bond acceptors (Lipinski definition) is 3. The van der Waals surface area contributed by atoms with Crippen LogP contribution >= 0.6 is 15.9 Å². The van der Waals surface area contributed by atoms with Crippen LogP contribution in [0.25, 0.3) is 0 Å². The van der Waals surface area contributed by atoms with Gasteiger partial charge in [0.1, 0.15) is 6.54 Å². The average Bonchev–Trinajstić information content (AvgIpc) is 2.61. The van der Waals surface area contributed by atoms with Crippen LogP contribution in [0, 0.1) is 10.1 Å². The van der Waals surface area contributed by atoms with Crippen LogP contribution < -0.4 is 0 Å². The Hall–Kier alpha value is -1.69. The lowest BCUT2D eigenvalue weighted by Gasteiger charge is -2.00. The highest BCUT2D eigenvalue weighted by Crippen LogP contribution is 2.23. The second kappa shape index (κ2) is 4.44. The second-order valence-corrected chi connectivity index (χ2v) is 3.98. The lowest BCUT2D eigenvalue weighted by atomic mass is 10.2. The van der Waals surface area contributed by atoms with Crippen LogP contribution in [-0.4, -0.2) is 14.5 Å². The molecule has 1 heterocycles. The van der Waals surface area contributed by atoms with Gasteiger partial charge in [-0.05, 0) is 26.4 Å². The number of nitrogens with zero attached hydrogens (tertiary/aromatic N) is 3. The fourth-order valence-electron chi connectivity index (χ4n) is 1.43. The molecule has 82 valence electrons. The zero-order valence-electron chi connectivity index (χ0n) is 8.21. The van der Waals surface area contributed by atoms with Gasteiger partial charge < -0.3 is 10.1 Å². The highest BCUT2D eigenvalue weighted by atomic mass is 79.9. The van der Waals surface area contributed by atoms with Gasteiger partial charge in [0.25, 0.3) is 0 Å². The summed E-state index contributed by atoms with van der Waals surface area (Å²) in [5.41, 5.74) is 0.996. The molecule has 6 heteroatoms. The summed E-state index contributed by atoms with van der Waals surface area (Å²) in [5.74, 6) is -0.0242. The molecule has 0 radical (unpaired) electrons. The summed E-state index contributed by atoms with van der Waals surface area (Å²) >= 11 is 3.06. The van der Waals surface area contributed by atoms with Gasteiger partial charge in [-0.25, -0.2) is 9.55 Å². The van der Waals surface area contributed by atoms with E-state index in [1.807, 2.05) is 30.3 Å². The Labute approximate surface area is 100 Å². The summed E-state index contributed by atoms with van der Waals surface area (Å²) in [7, 11) is 0. The number of halogens is 1. The van der Waals surface area contributed by atoms with E-state index in [0.29, 0.717) is 6.54 Å². The molecule has 0 aliphatic heterocycles. The molecule has 0 unspecified atom stereocenters. The Balaban J connectivity index is 2.32. The van der Waals surface area contributed by atoms with Crippen molar-refractivity contribution in [2.24, 2.45) is 0 Å². The van der Waals surface area contributed by atoms with Gasteiger partial charge in [-0.3, -0.25) is 0 Å². The summed E-state index contributed by atoms with van der Waals surface area (Å²) < 4.78 is 1.76. The Kier molecular flexibility index (Phi) is 3.00. The van der Waals surface area contributed by atoms with E-state index in [1.165, 1.54) is 10.9 Å². The Bertz CT molecular complexity index is 510. The smallest absolute Gasteiger partial charge is 0.357 e. The van der Waals surface area contributed by atoms with Gasteiger partial charge in [0.15, 0.2) is 6.33 Å². The molecule has 2 rings (SSSR count). The van der Waals surface area contributed by atoms with Crippen LogP contribution in [0.2, 0.25) is 0 Å². The maximum atomic E-state index is 10.8. The molecule has 0 saturated carbocycles. The Morgan fingerprint density at radius 1 is 1.38 bits per heavy atom. The van der Waals surface area contributed by atoms with E-state index >= 15 is 0 Å². The summed E-state index contributed by atoms with van der Waals surface area (Å²) in [6.07, 6.45) is 1.45. The number of aromatic nitrogens is 2. The fraction of sp³-hybridized carbons (Fsp3) is 0.100. The van der Waals surface area contributed by atoms with Crippen LogP contribution in [0.5, 0.6) is 0 Å². The van der Waals surface area contributed by atoms with Crippen LogP contribution in [0.3, 0.4) is 0 Å². The lowest BCUT2D eigenvalue weighted by molar-refractivity contribution is -0.392. The molecule has 0 aliphatic carbocycles. The Morgan fingerprint density at radius 3 is 2.69 bits per heavy atom. The zero-order valence-corrected chi connectivity index (χ0v) is 9.79. The predicted molar refractivity (Wildman–Crippen MR) is 62.1 cm³/mol. The number of nitro groups is 1. The van der Waals surface area contributed by atoms with E-state index in [1.54, 1.807) is 0 Å². The van der Waals surface area contributed by atoms with Crippen LogP contribution in [-0.2, 0) is 6.54 Å². The molecular formula is C10H8BrN3O2. The summed E-state index contributed by atoms with van der Waals surface area (Å²) in [5, 5.41) is 10.8. The van der Waals surface area contributed by atoms with E-state index < -0.39 is 4.92 Å². The zero-order chi connectivity index (χ0) is 11.5. The first-order valence-electron chi connectivity index (χ1n) is 4.57. The molecule has 5 nitrogen and oxygen atoms in total. The third kappa shape index (κ3) is 2.11. The third-order valence-electron chi connectivity index (χ3n) is 2.14. The van der Waals surface area contributed by atoms with Gasteiger partial charge in [-0.15, -0.1) is 0 Å². The number of rotatable bonds is 3.